The van der Waals surface area contributed by atoms with Gasteiger partial charge in [0.05, 0.1) is 9.92 Å². The number of halogens is 1. The van der Waals surface area contributed by atoms with Gasteiger partial charge in [0.15, 0.2) is 9.84 Å². The van der Waals surface area contributed by atoms with Gasteiger partial charge in [-0.25, -0.2) is 8.42 Å². The molecule has 1 aromatic rings. The van der Waals surface area contributed by atoms with Gasteiger partial charge in [-0.05, 0) is 45.1 Å². The molecule has 0 radical (unpaired) electrons. The van der Waals surface area contributed by atoms with Gasteiger partial charge in [-0.3, -0.25) is 4.79 Å². The van der Waals surface area contributed by atoms with Crippen molar-refractivity contribution in [2.45, 2.75) is 23.8 Å². The minimum absolute atomic E-state index is 0.00110. The molecule has 0 aliphatic carbocycles. The largest absolute Gasteiger partial charge is 0.337 e. The molecule has 1 atom stereocenters. The maximum atomic E-state index is 12.6. The molecule has 7 heteroatoms. The predicted octanol–water partition coefficient (Wildman–Crippen LogP) is 1.91. The number of sulfone groups is 1. The van der Waals surface area contributed by atoms with Crippen LogP contribution in [0.2, 0.25) is 5.02 Å². The lowest BCUT2D eigenvalue weighted by atomic mass is 10.0. The second kappa shape index (κ2) is 6.56. The second-order valence-electron chi connectivity index (χ2n) is 5.93. The fraction of sp³-hybridized carbons (Fsp3) is 0.533. The van der Waals surface area contributed by atoms with Crippen molar-refractivity contribution >= 4 is 27.3 Å². The maximum absolute atomic E-state index is 12.6. The molecule has 0 spiro atoms. The van der Waals surface area contributed by atoms with Crippen LogP contribution in [-0.4, -0.2) is 63.6 Å². The summed E-state index contributed by atoms with van der Waals surface area (Å²) in [4.78, 5) is 16.5. The molecule has 0 aromatic heterocycles. The first-order valence-electron chi connectivity index (χ1n) is 7.15. The topological polar surface area (TPSA) is 57.7 Å². The lowest BCUT2D eigenvalue weighted by molar-refractivity contribution is 0.0635. The standard InChI is InChI=1S/C15H21ClN2O3S/c1-17(2)12-5-4-8-18(10-12)15(19)11-6-7-13(16)14(9-11)22(3,20)21/h6-7,9,12H,4-5,8,10H2,1-3H3. The van der Waals surface area contributed by atoms with Gasteiger partial charge < -0.3 is 9.80 Å². The molecule has 1 amide bonds. The van der Waals surface area contributed by atoms with Crippen molar-refractivity contribution in [1.82, 2.24) is 9.80 Å². The van der Waals surface area contributed by atoms with Crippen LogP contribution in [-0.2, 0) is 9.84 Å². The maximum Gasteiger partial charge on any atom is 0.253 e. The van der Waals surface area contributed by atoms with Crippen LogP contribution in [0.4, 0.5) is 0 Å². The minimum atomic E-state index is -3.46. The Kier molecular flexibility index (Phi) is 5.14. The van der Waals surface area contributed by atoms with E-state index in [2.05, 4.69) is 4.90 Å². The summed E-state index contributed by atoms with van der Waals surface area (Å²) in [7, 11) is 0.550. The summed E-state index contributed by atoms with van der Waals surface area (Å²) in [6, 6.07) is 4.76. The molecule has 2 rings (SSSR count). The van der Waals surface area contributed by atoms with Gasteiger partial charge in [0.2, 0.25) is 0 Å². The van der Waals surface area contributed by atoms with Crippen molar-refractivity contribution < 1.29 is 13.2 Å². The first kappa shape index (κ1) is 17.2. The van der Waals surface area contributed by atoms with E-state index in [4.69, 9.17) is 11.6 Å². The van der Waals surface area contributed by atoms with Crippen LogP contribution >= 0.6 is 11.6 Å². The Morgan fingerprint density at radius 1 is 1.36 bits per heavy atom. The lowest BCUT2D eigenvalue weighted by Gasteiger charge is -2.36. The van der Waals surface area contributed by atoms with Gasteiger partial charge in [0, 0.05) is 31.0 Å². The average molecular weight is 345 g/mol. The van der Waals surface area contributed by atoms with Crippen molar-refractivity contribution in [2.24, 2.45) is 0 Å². The Morgan fingerprint density at radius 3 is 2.64 bits per heavy atom. The van der Waals surface area contributed by atoms with Crippen LogP contribution in [0.3, 0.4) is 0 Å². The predicted molar refractivity (Wildman–Crippen MR) is 87.2 cm³/mol. The van der Waals surface area contributed by atoms with E-state index in [9.17, 15) is 13.2 Å². The van der Waals surface area contributed by atoms with Crippen LogP contribution in [0.5, 0.6) is 0 Å². The molecule has 0 bridgehead atoms. The fourth-order valence-corrected chi connectivity index (χ4v) is 3.97. The third kappa shape index (κ3) is 3.80. The van der Waals surface area contributed by atoms with Gasteiger partial charge >= 0.3 is 0 Å². The molecule has 0 N–H and O–H groups in total. The van der Waals surface area contributed by atoms with E-state index >= 15 is 0 Å². The molecule has 22 heavy (non-hydrogen) atoms. The minimum Gasteiger partial charge on any atom is -0.337 e. The number of hydrogen-bond donors (Lipinski definition) is 0. The molecule has 1 unspecified atom stereocenters. The van der Waals surface area contributed by atoms with Crippen molar-refractivity contribution in [3.63, 3.8) is 0 Å². The number of nitrogens with zero attached hydrogens (tertiary/aromatic N) is 2. The summed E-state index contributed by atoms with van der Waals surface area (Å²) in [5.41, 5.74) is 0.365. The Hall–Kier alpha value is -1.11. The monoisotopic (exact) mass is 344 g/mol. The Bertz CT molecular complexity index is 673. The van der Waals surface area contributed by atoms with Gasteiger partial charge in [0.1, 0.15) is 0 Å². The molecule has 1 saturated heterocycles. The van der Waals surface area contributed by atoms with Gasteiger partial charge in [0.25, 0.3) is 5.91 Å². The quantitative estimate of drug-likeness (QED) is 0.840. The van der Waals surface area contributed by atoms with Crippen LogP contribution in [0.25, 0.3) is 0 Å². The molecule has 122 valence electrons. The molecule has 1 aromatic carbocycles. The zero-order valence-corrected chi connectivity index (χ0v) is 14.6. The van der Waals surface area contributed by atoms with Crippen molar-refractivity contribution in [1.29, 1.82) is 0 Å². The summed E-state index contributed by atoms with van der Waals surface area (Å²) in [5, 5.41) is 0.142. The van der Waals surface area contributed by atoms with Crippen molar-refractivity contribution in [3.8, 4) is 0 Å². The van der Waals surface area contributed by atoms with Crippen LogP contribution in [0.15, 0.2) is 23.1 Å². The van der Waals surface area contributed by atoms with Gasteiger partial charge in [-0.15, -0.1) is 0 Å². The zero-order chi connectivity index (χ0) is 16.5. The van der Waals surface area contributed by atoms with Crippen LogP contribution < -0.4 is 0 Å². The Morgan fingerprint density at radius 2 is 2.05 bits per heavy atom. The number of hydrogen-bond acceptors (Lipinski definition) is 4. The van der Waals surface area contributed by atoms with Crippen LogP contribution in [0, 0.1) is 0 Å². The van der Waals surface area contributed by atoms with E-state index in [0.717, 1.165) is 19.1 Å². The molecule has 5 nitrogen and oxygen atoms in total. The fourth-order valence-electron chi connectivity index (χ4n) is 2.66. The SMILES string of the molecule is CN(C)C1CCCN(C(=O)c2ccc(Cl)c(S(C)(=O)=O)c2)C1. The number of likely N-dealkylation sites (tertiary alicyclic amines) is 1. The zero-order valence-electron chi connectivity index (χ0n) is 13.0. The summed E-state index contributed by atoms with van der Waals surface area (Å²) in [6.07, 6.45) is 3.10. The molecular formula is C15H21ClN2O3S. The Balaban J connectivity index is 2.26. The lowest BCUT2D eigenvalue weighted by Crippen LogP contribution is -2.47. The van der Waals surface area contributed by atoms with E-state index in [-0.39, 0.29) is 15.8 Å². The Labute approximate surface area is 136 Å². The smallest absolute Gasteiger partial charge is 0.253 e. The molecule has 1 aliphatic rings. The van der Waals surface area contributed by atoms with E-state index in [1.165, 1.54) is 12.1 Å². The highest BCUT2D eigenvalue weighted by molar-refractivity contribution is 7.90. The first-order chi connectivity index (χ1) is 10.2. The summed E-state index contributed by atoms with van der Waals surface area (Å²) >= 11 is 5.93. The highest BCUT2D eigenvalue weighted by Gasteiger charge is 2.26. The summed E-state index contributed by atoms with van der Waals surface area (Å²) in [5.74, 6) is -0.145. The number of benzene rings is 1. The first-order valence-corrected chi connectivity index (χ1v) is 9.42. The van der Waals surface area contributed by atoms with E-state index in [0.29, 0.717) is 24.7 Å². The third-order valence-electron chi connectivity index (χ3n) is 3.99. The van der Waals surface area contributed by atoms with Crippen LogP contribution in [0.1, 0.15) is 23.2 Å². The van der Waals surface area contributed by atoms with Gasteiger partial charge in [-0.1, -0.05) is 11.6 Å². The van der Waals surface area contributed by atoms with E-state index in [1.807, 2.05) is 14.1 Å². The third-order valence-corrected chi connectivity index (χ3v) is 5.57. The van der Waals surface area contributed by atoms with Crippen molar-refractivity contribution in [3.05, 3.63) is 28.8 Å². The number of carbonyl (C=O) groups excluding carboxylic acids is 1. The van der Waals surface area contributed by atoms with Crippen molar-refractivity contribution in [2.75, 3.05) is 33.4 Å². The normalized spacial score (nSPS) is 19.5. The second-order valence-corrected chi connectivity index (χ2v) is 8.32. The number of rotatable bonds is 3. The van der Waals surface area contributed by atoms with E-state index < -0.39 is 9.84 Å². The highest BCUT2D eigenvalue weighted by atomic mass is 35.5. The molecule has 0 saturated carbocycles. The molecule has 1 fully saturated rings. The van der Waals surface area contributed by atoms with Gasteiger partial charge in [-0.2, -0.15) is 0 Å². The number of likely N-dealkylation sites (N-methyl/N-ethyl adjacent to an activating group) is 1. The number of carbonyl (C=O) groups is 1. The molecular weight excluding hydrogens is 324 g/mol. The number of piperidine rings is 1. The van der Waals surface area contributed by atoms with E-state index in [1.54, 1.807) is 11.0 Å². The summed E-state index contributed by atoms with van der Waals surface area (Å²) in [6.45, 7) is 1.35. The number of amides is 1. The average Bonchev–Trinajstić information content (AvgIpc) is 2.46. The molecule has 1 heterocycles. The highest BCUT2D eigenvalue weighted by Crippen LogP contribution is 2.24. The molecule has 1 aliphatic heterocycles. The summed E-state index contributed by atoms with van der Waals surface area (Å²) < 4.78 is 23.5.